The van der Waals surface area contributed by atoms with Crippen molar-refractivity contribution >= 4 is 5.69 Å². The molecule has 15 heavy (non-hydrogen) atoms. The van der Waals surface area contributed by atoms with E-state index in [-0.39, 0.29) is 0 Å². The number of nitrogens with two attached hydrogens (primary N) is 3. The molecule has 1 rings (SSSR count). The van der Waals surface area contributed by atoms with Crippen LogP contribution in [0.3, 0.4) is 0 Å². The maximum absolute atomic E-state index is 6.00. The van der Waals surface area contributed by atoms with Crippen LogP contribution in [0, 0.1) is 0 Å². The van der Waals surface area contributed by atoms with Crippen LogP contribution in [0.1, 0.15) is 36.1 Å². The Bertz CT molecular complexity index is 345. The molecule has 84 valence electrons. The summed E-state index contributed by atoms with van der Waals surface area (Å²) in [6.07, 6.45) is 1.89. The van der Waals surface area contributed by atoms with Crippen LogP contribution in [0.4, 0.5) is 5.69 Å². The van der Waals surface area contributed by atoms with Gasteiger partial charge in [0.15, 0.2) is 0 Å². The van der Waals surface area contributed by atoms with Crippen molar-refractivity contribution in [2.45, 2.75) is 39.8 Å². The largest absolute Gasteiger partial charge is 0.398 e. The fourth-order valence-corrected chi connectivity index (χ4v) is 2.20. The summed E-state index contributed by atoms with van der Waals surface area (Å²) in [6.45, 7) is 5.31. The molecular formula is C12H21N3. The quantitative estimate of drug-likeness (QED) is 0.651. The van der Waals surface area contributed by atoms with E-state index in [0.717, 1.165) is 24.1 Å². The average molecular weight is 207 g/mol. The van der Waals surface area contributed by atoms with Crippen molar-refractivity contribution in [2.75, 3.05) is 5.73 Å². The van der Waals surface area contributed by atoms with Crippen LogP contribution >= 0.6 is 0 Å². The van der Waals surface area contributed by atoms with Gasteiger partial charge in [-0.3, -0.25) is 0 Å². The average Bonchev–Trinajstić information content (AvgIpc) is 2.27. The molecule has 6 N–H and O–H groups in total. The molecule has 0 spiro atoms. The van der Waals surface area contributed by atoms with Gasteiger partial charge in [0, 0.05) is 18.8 Å². The summed E-state index contributed by atoms with van der Waals surface area (Å²) >= 11 is 0. The minimum Gasteiger partial charge on any atom is -0.398 e. The second kappa shape index (κ2) is 5.14. The Morgan fingerprint density at radius 2 is 1.53 bits per heavy atom. The van der Waals surface area contributed by atoms with E-state index >= 15 is 0 Å². The minimum atomic E-state index is 0.532. The molecule has 0 aromatic heterocycles. The van der Waals surface area contributed by atoms with E-state index in [2.05, 4.69) is 13.8 Å². The molecule has 0 aliphatic heterocycles. The van der Waals surface area contributed by atoms with Gasteiger partial charge in [-0.1, -0.05) is 13.8 Å². The Kier molecular flexibility index (Phi) is 4.12. The standard InChI is InChI=1S/C12H21N3/c1-3-9-8(6-13)5-12(15)10(4-2)11(9)7-14/h5H,3-4,6-7,13-15H2,1-2H3. The first-order valence-electron chi connectivity index (χ1n) is 5.51. The molecule has 0 heterocycles. The van der Waals surface area contributed by atoms with Gasteiger partial charge in [0.25, 0.3) is 0 Å². The molecule has 1 aromatic carbocycles. The Hall–Kier alpha value is -1.06. The molecule has 1 aromatic rings. The predicted octanol–water partition coefficient (Wildman–Crippen LogP) is 1.31. The molecule has 0 saturated heterocycles. The zero-order valence-corrected chi connectivity index (χ0v) is 9.64. The van der Waals surface area contributed by atoms with Crippen LogP contribution in [0.25, 0.3) is 0 Å². The summed E-state index contributed by atoms with van der Waals surface area (Å²) in [4.78, 5) is 0. The second-order valence-electron chi connectivity index (χ2n) is 3.68. The van der Waals surface area contributed by atoms with Gasteiger partial charge >= 0.3 is 0 Å². The third-order valence-corrected chi connectivity index (χ3v) is 2.93. The van der Waals surface area contributed by atoms with E-state index in [4.69, 9.17) is 17.2 Å². The summed E-state index contributed by atoms with van der Waals surface area (Å²) < 4.78 is 0. The summed E-state index contributed by atoms with van der Waals surface area (Å²) in [7, 11) is 0. The Morgan fingerprint density at radius 3 is 1.93 bits per heavy atom. The van der Waals surface area contributed by atoms with Crippen LogP contribution in [-0.4, -0.2) is 0 Å². The first-order chi connectivity index (χ1) is 7.19. The van der Waals surface area contributed by atoms with Crippen molar-refractivity contribution in [3.63, 3.8) is 0 Å². The maximum Gasteiger partial charge on any atom is 0.0353 e. The zero-order valence-electron chi connectivity index (χ0n) is 9.64. The summed E-state index contributed by atoms with van der Waals surface area (Å²) in [6, 6.07) is 2.00. The minimum absolute atomic E-state index is 0.532. The highest BCUT2D eigenvalue weighted by Crippen LogP contribution is 2.26. The van der Waals surface area contributed by atoms with Crippen molar-refractivity contribution in [1.82, 2.24) is 0 Å². The molecule has 0 fully saturated rings. The molecular weight excluding hydrogens is 186 g/mol. The lowest BCUT2D eigenvalue weighted by atomic mass is 9.91. The van der Waals surface area contributed by atoms with E-state index in [9.17, 15) is 0 Å². The van der Waals surface area contributed by atoms with Crippen molar-refractivity contribution in [2.24, 2.45) is 11.5 Å². The monoisotopic (exact) mass is 207 g/mol. The first kappa shape index (κ1) is 12.0. The topological polar surface area (TPSA) is 78.1 Å². The van der Waals surface area contributed by atoms with Gasteiger partial charge in [0.1, 0.15) is 0 Å². The first-order valence-corrected chi connectivity index (χ1v) is 5.51. The fourth-order valence-electron chi connectivity index (χ4n) is 2.20. The SMILES string of the molecule is CCc1c(N)cc(CN)c(CC)c1CN. The highest BCUT2D eigenvalue weighted by atomic mass is 14.6. The third-order valence-electron chi connectivity index (χ3n) is 2.93. The van der Waals surface area contributed by atoms with Gasteiger partial charge in [-0.15, -0.1) is 0 Å². The molecule has 0 atom stereocenters. The van der Waals surface area contributed by atoms with Gasteiger partial charge in [-0.2, -0.15) is 0 Å². The van der Waals surface area contributed by atoms with Crippen LogP contribution in [-0.2, 0) is 25.9 Å². The second-order valence-corrected chi connectivity index (χ2v) is 3.68. The molecule has 0 saturated carbocycles. The van der Waals surface area contributed by atoms with E-state index < -0.39 is 0 Å². The van der Waals surface area contributed by atoms with E-state index in [1.807, 2.05) is 6.07 Å². The fraction of sp³-hybridized carbons (Fsp3) is 0.500. The van der Waals surface area contributed by atoms with Gasteiger partial charge in [0.2, 0.25) is 0 Å². The van der Waals surface area contributed by atoms with Crippen LogP contribution < -0.4 is 17.2 Å². The lowest BCUT2D eigenvalue weighted by Crippen LogP contribution is -2.13. The number of rotatable bonds is 4. The van der Waals surface area contributed by atoms with E-state index in [1.165, 1.54) is 16.7 Å². The zero-order chi connectivity index (χ0) is 11.4. The Balaban J connectivity index is 3.44. The highest BCUT2D eigenvalue weighted by molar-refractivity contribution is 5.57. The van der Waals surface area contributed by atoms with Gasteiger partial charge in [0.05, 0.1) is 0 Å². The van der Waals surface area contributed by atoms with Crippen LogP contribution in [0.15, 0.2) is 6.07 Å². The van der Waals surface area contributed by atoms with Gasteiger partial charge < -0.3 is 17.2 Å². The Labute approximate surface area is 91.6 Å². The van der Waals surface area contributed by atoms with E-state index in [1.54, 1.807) is 0 Å². The molecule has 0 unspecified atom stereocenters. The van der Waals surface area contributed by atoms with E-state index in [0.29, 0.717) is 13.1 Å². The Morgan fingerprint density at radius 1 is 0.933 bits per heavy atom. The molecule has 3 nitrogen and oxygen atoms in total. The van der Waals surface area contributed by atoms with Crippen LogP contribution in [0.5, 0.6) is 0 Å². The molecule has 3 heteroatoms. The molecule has 0 aliphatic rings. The smallest absolute Gasteiger partial charge is 0.0353 e. The third kappa shape index (κ3) is 2.13. The molecule has 0 radical (unpaired) electrons. The number of benzene rings is 1. The molecule has 0 amide bonds. The summed E-state index contributed by atoms with van der Waals surface area (Å²) in [5, 5.41) is 0. The van der Waals surface area contributed by atoms with Crippen molar-refractivity contribution < 1.29 is 0 Å². The summed E-state index contributed by atoms with van der Waals surface area (Å²) in [5.74, 6) is 0. The lowest BCUT2D eigenvalue weighted by Gasteiger charge is -2.17. The number of hydrogen-bond donors (Lipinski definition) is 3. The van der Waals surface area contributed by atoms with Gasteiger partial charge in [-0.05, 0) is 41.2 Å². The normalized spacial score (nSPS) is 10.7. The number of anilines is 1. The number of hydrogen-bond acceptors (Lipinski definition) is 3. The van der Waals surface area contributed by atoms with Crippen molar-refractivity contribution in [3.8, 4) is 0 Å². The van der Waals surface area contributed by atoms with Crippen LogP contribution in [0.2, 0.25) is 0 Å². The predicted molar refractivity (Wildman–Crippen MR) is 65.4 cm³/mol. The molecule has 0 bridgehead atoms. The van der Waals surface area contributed by atoms with Gasteiger partial charge in [-0.25, -0.2) is 0 Å². The van der Waals surface area contributed by atoms with Crippen molar-refractivity contribution in [3.05, 3.63) is 28.3 Å². The molecule has 0 aliphatic carbocycles. The van der Waals surface area contributed by atoms with Crippen molar-refractivity contribution in [1.29, 1.82) is 0 Å². The highest BCUT2D eigenvalue weighted by Gasteiger charge is 2.12. The lowest BCUT2D eigenvalue weighted by molar-refractivity contribution is 0.920. The maximum atomic E-state index is 6.00. The number of nitrogen functional groups attached to an aromatic ring is 1. The summed E-state index contributed by atoms with van der Waals surface area (Å²) in [5.41, 5.74) is 23.1.